The molecular weight excluding hydrogens is 184 g/mol. The minimum Gasteiger partial charge on any atom is -0.381 e. The first-order chi connectivity index (χ1) is 6.09. The van der Waals surface area contributed by atoms with Gasteiger partial charge in [-0.15, -0.1) is 11.6 Å². The second-order valence-corrected chi connectivity index (χ2v) is 4.67. The van der Waals surface area contributed by atoms with E-state index in [1.807, 2.05) is 0 Å². The Bertz CT molecular complexity index is 105. The molecule has 0 aromatic rings. The zero-order valence-electron chi connectivity index (χ0n) is 9.35. The zero-order chi connectivity index (χ0) is 10.3. The molecule has 0 spiro atoms. The minimum absolute atomic E-state index is 0.255. The van der Waals surface area contributed by atoms with Crippen molar-refractivity contribution in [2.45, 2.75) is 45.9 Å². The summed E-state index contributed by atoms with van der Waals surface area (Å²) in [5, 5.41) is 0.255. The third kappa shape index (κ3) is 6.34. The Kier molecular flexibility index (Phi) is 7.78. The Morgan fingerprint density at radius 1 is 1.15 bits per heavy atom. The highest BCUT2D eigenvalue weighted by Gasteiger charge is 2.18. The monoisotopic (exact) mass is 206 g/mol. The summed E-state index contributed by atoms with van der Waals surface area (Å²) in [6.07, 6.45) is 2.19. The van der Waals surface area contributed by atoms with Crippen LogP contribution in [0.5, 0.6) is 0 Å². The van der Waals surface area contributed by atoms with E-state index in [9.17, 15) is 0 Å². The molecule has 0 N–H and O–H groups in total. The number of halogens is 1. The summed E-state index contributed by atoms with van der Waals surface area (Å²) in [5.41, 5.74) is 0. The van der Waals surface area contributed by atoms with Crippen LogP contribution in [0.3, 0.4) is 0 Å². The Morgan fingerprint density at radius 2 is 1.77 bits per heavy atom. The number of rotatable bonds is 7. The molecule has 0 saturated carbocycles. The van der Waals surface area contributed by atoms with Crippen molar-refractivity contribution >= 4 is 11.6 Å². The smallest absolute Gasteiger partial charge is 0.0469 e. The third-order valence-electron chi connectivity index (χ3n) is 2.39. The molecule has 0 radical (unpaired) electrons. The highest BCUT2D eigenvalue weighted by atomic mass is 35.5. The van der Waals surface area contributed by atoms with Gasteiger partial charge in [0.15, 0.2) is 0 Å². The standard InChI is InChI=1S/C11H23ClO/c1-5-7-13-8-6-11(9(2)3)10(4)12/h9-11H,5-8H2,1-4H3. The van der Waals surface area contributed by atoms with Crippen molar-refractivity contribution in [3.05, 3.63) is 0 Å². The van der Waals surface area contributed by atoms with Crippen LogP contribution in [0.1, 0.15) is 40.5 Å². The second kappa shape index (κ2) is 7.64. The van der Waals surface area contributed by atoms with E-state index < -0.39 is 0 Å². The lowest BCUT2D eigenvalue weighted by Crippen LogP contribution is -2.20. The van der Waals surface area contributed by atoms with Crippen LogP contribution in [0.4, 0.5) is 0 Å². The zero-order valence-corrected chi connectivity index (χ0v) is 10.1. The molecule has 2 atom stereocenters. The Morgan fingerprint density at radius 3 is 2.15 bits per heavy atom. The van der Waals surface area contributed by atoms with Crippen LogP contribution in [-0.2, 0) is 4.74 Å². The van der Waals surface area contributed by atoms with Gasteiger partial charge in [0.1, 0.15) is 0 Å². The van der Waals surface area contributed by atoms with Crippen LogP contribution >= 0.6 is 11.6 Å². The topological polar surface area (TPSA) is 9.23 Å². The molecule has 0 aliphatic carbocycles. The van der Waals surface area contributed by atoms with Crippen molar-refractivity contribution in [3.8, 4) is 0 Å². The van der Waals surface area contributed by atoms with Gasteiger partial charge in [0.05, 0.1) is 0 Å². The molecule has 0 aliphatic rings. The van der Waals surface area contributed by atoms with Gasteiger partial charge in [0.25, 0.3) is 0 Å². The maximum absolute atomic E-state index is 6.10. The molecule has 0 amide bonds. The molecule has 13 heavy (non-hydrogen) atoms. The lowest BCUT2D eigenvalue weighted by Gasteiger charge is -2.22. The predicted molar refractivity (Wildman–Crippen MR) is 59.4 cm³/mol. The first kappa shape index (κ1) is 13.2. The predicted octanol–water partition coefficient (Wildman–Crippen LogP) is 3.70. The summed E-state index contributed by atoms with van der Waals surface area (Å²) in [6, 6.07) is 0. The van der Waals surface area contributed by atoms with E-state index in [4.69, 9.17) is 16.3 Å². The largest absolute Gasteiger partial charge is 0.381 e. The summed E-state index contributed by atoms with van der Waals surface area (Å²) in [5.74, 6) is 1.23. The van der Waals surface area contributed by atoms with Crippen LogP contribution in [0.25, 0.3) is 0 Å². The van der Waals surface area contributed by atoms with Gasteiger partial charge >= 0.3 is 0 Å². The SMILES string of the molecule is CCCOCCC(C(C)C)C(C)Cl. The fourth-order valence-electron chi connectivity index (χ4n) is 1.56. The van der Waals surface area contributed by atoms with E-state index >= 15 is 0 Å². The number of hydrogen-bond acceptors (Lipinski definition) is 1. The van der Waals surface area contributed by atoms with Crippen molar-refractivity contribution in [3.63, 3.8) is 0 Å². The van der Waals surface area contributed by atoms with E-state index in [1.165, 1.54) is 0 Å². The van der Waals surface area contributed by atoms with E-state index in [0.29, 0.717) is 11.8 Å². The molecule has 0 aromatic carbocycles. The van der Waals surface area contributed by atoms with Gasteiger partial charge in [-0.05, 0) is 31.6 Å². The molecule has 0 aromatic heterocycles. The lowest BCUT2D eigenvalue weighted by atomic mass is 9.90. The summed E-state index contributed by atoms with van der Waals surface area (Å²) in [7, 11) is 0. The highest BCUT2D eigenvalue weighted by Crippen LogP contribution is 2.23. The van der Waals surface area contributed by atoms with E-state index in [-0.39, 0.29) is 5.38 Å². The Hall–Kier alpha value is 0.250. The molecular formula is C11H23ClO. The van der Waals surface area contributed by atoms with Crippen molar-refractivity contribution in [1.82, 2.24) is 0 Å². The van der Waals surface area contributed by atoms with Crippen LogP contribution < -0.4 is 0 Å². The van der Waals surface area contributed by atoms with E-state index in [1.54, 1.807) is 0 Å². The first-order valence-corrected chi connectivity index (χ1v) is 5.75. The number of alkyl halides is 1. The van der Waals surface area contributed by atoms with Crippen LogP contribution in [0.2, 0.25) is 0 Å². The molecule has 0 saturated heterocycles. The fourth-order valence-corrected chi connectivity index (χ4v) is 1.98. The average Bonchev–Trinajstić information content (AvgIpc) is 2.02. The minimum atomic E-state index is 0.255. The summed E-state index contributed by atoms with van der Waals surface area (Å²) in [4.78, 5) is 0. The molecule has 0 aliphatic heterocycles. The quantitative estimate of drug-likeness (QED) is 0.456. The van der Waals surface area contributed by atoms with Gasteiger partial charge in [-0.1, -0.05) is 20.8 Å². The average molecular weight is 207 g/mol. The van der Waals surface area contributed by atoms with Gasteiger partial charge in [0, 0.05) is 18.6 Å². The molecule has 1 nitrogen and oxygen atoms in total. The molecule has 2 unspecified atom stereocenters. The van der Waals surface area contributed by atoms with Crippen LogP contribution in [0.15, 0.2) is 0 Å². The van der Waals surface area contributed by atoms with Crippen molar-refractivity contribution < 1.29 is 4.74 Å². The maximum atomic E-state index is 6.10. The van der Waals surface area contributed by atoms with Gasteiger partial charge < -0.3 is 4.74 Å². The second-order valence-electron chi connectivity index (χ2n) is 3.99. The molecule has 0 heterocycles. The Labute approximate surface area is 87.8 Å². The van der Waals surface area contributed by atoms with Crippen molar-refractivity contribution in [2.24, 2.45) is 11.8 Å². The van der Waals surface area contributed by atoms with Gasteiger partial charge in [-0.2, -0.15) is 0 Å². The van der Waals surface area contributed by atoms with E-state index in [0.717, 1.165) is 26.1 Å². The van der Waals surface area contributed by atoms with Crippen LogP contribution in [-0.4, -0.2) is 18.6 Å². The summed E-state index contributed by atoms with van der Waals surface area (Å²) in [6.45, 7) is 10.4. The number of ether oxygens (including phenoxy) is 1. The molecule has 2 heteroatoms. The summed E-state index contributed by atoms with van der Waals surface area (Å²) >= 11 is 6.10. The van der Waals surface area contributed by atoms with Crippen LogP contribution in [0, 0.1) is 11.8 Å². The van der Waals surface area contributed by atoms with Gasteiger partial charge in [-0.25, -0.2) is 0 Å². The fraction of sp³-hybridized carbons (Fsp3) is 1.00. The number of hydrogen-bond donors (Lipinski definition) is 0. The van der Waals surface area contributed by atoms with Gasteiger partial charge in [-0.3, -0.25) is 0 Å². The summed E-state index contributed by atoms with van der Waals surface area (Å²) < 4.78 is 5.45. The third-order valence-corrected chi connectivity index (χ3v) is 2.71. The Balaban J connectivity index is 3.58. The molecule has 0 bridgehead atoms. The van der Waals surface area contributed by atoms with E-state index in [2.05, 4.69) is 27.7 Å². The van der Waals surface area contributed by atoms with Crippen molar-refractivity contribution in [2.75, 3.05) is 13.2 Å². The first-order valence-electron chi connectivity index (χ1n) is 5.31. The van der Waals surface area contributed by atoms with Gasteiger partial charge in [0.2, 0.25) is 0 Å². The molecule has 0 rings (SSSR count). The molecule has 80 valence electrons. The lowest BCUT2D eigenvalue weighted by molar-refractivity contribution is 0.113. The maximum Gasteiger partial charge on any atom is 0.0469 e. The normalized spacial score (nSPS) is 16.2. The molecule has 0 fully saturated rings. The highest BCUT2D eigenvalue weighted by molar-refractivity contribution is 6.20. The van der Waals surface area contributed by atoms with Crippen molar-refractivity contribution in [1.29, 1.82) is 0 Å².